The average molecular weight is 407 g/mol. The first-order valence-electron chi connectivity index (χ1n) is 7.88. The van der Waals surface area contributed by atoms with Crippen LogP contribution in [0.25, 0.3) is 22.6 Å². The number of H-pyrrole nitrogens is 1. The Labute approximate surface area is 160 Å². The van der Waals surface area contributed by atoms with Gasteiger partial charge in [0.25, 0.3) is 5.56 Å². The molecule has 0 amide bonds. The number of benzene rings is 2. The molecular formula is C18H10ClF3N4O2. The van der Waals surface area contributed by atoms with Gasteiger partial charge in [-0.25, -0.2) is 13.8 Å². The number of nitrogens with one attached hydrogen (secondary N) is 1. The highest BCUT2D eigenvalue weighted by Crippen LogP contribution is 2.27. The Morgan fingerprint density at radius 2 is 1.82 bits per heavy atom. The lowest BCUT2D eigenvalue weighted by Crippen LogP contribution is -2.10. The predicted octanol–water partition coefficient (Wildman–Crippen LogP) is 4.19. The second-order valence-electron chi connectivity index (χ2n) is 5.85. The normalized spacial score (nSPS) is 11.2. The standard InChI is InChI=1S/C18H10ClF3N4O2/c1-26-15(8-2-4-9(19)5-3-8)23-14-16(26)24-18(25-17(14)27)28-12-7-10(20)6-11(21)13(12)22/h2-7H,1H3,(H,24,25,27). The third kappa shape index (κ3) is 3.09. The third-order valence-corrected chi connectivity index (χ3v) is 4.23. The molecule has 1 N–H and O–H groups in total. The zero-order chi connectivity index (χ0) is 20.0. The van der Waals surface area contributed by atoms with E-state index in [4.69, 9.17) is 16.3 Å². The van der Waals surface area contributed by atoms with Crippen LogP contribution in [0.15, 0.2) is 41.2 Å². The monoisotopic (exact) mass is 406 g/mol. The molecule has 4 aromatic rings. The lowest BCUT2D eigenvalue weighted by molar-refractivity contribution is 0.387. The summed E-state index contributed by atoms with van der Waals surface area (Å²) in [5, 5.41) is 0.540. The van der Waals surface area contributed by atoms with E-state index in [1.165, 1.54) is 4.57 Å². The van der Waals surface area contributed by atoms with Crippen LogP contribution >= 0.6 is 11.6 Å². The molecule has 0 bridgehead atoms. The van der Waals surface area contributed by atoms with E-state index in [9.17, 15) is 18.0 Å². The summed E-state index contributed by atoms with van der Waals surface area (Å²) < 4.78 is 47.1. The summed E-state index contributed by atoms with van der Waals surface area (Å²) in [7, 11) is 1.62. The third-order valence-electron chi connectivity index (χ3n) is 3.98. The molecule has 0 saturated heterocycles. The fourth-order valence-corrected chi connectivity index (χ4v) is 2.79. The second kappa shape index (κ2) is 6.68. The fraction of sp³-hybridized carbons (Fsp3) is 0.0556. The summed E-state index contributed by atoms with van der Waals surface area (Å²) in [6.45, 7) is 0. The minimum Gasteiger partial charge on any atom is -0.422 e. The van der Waals surface area contributed by atoms with Gasteiger partial charge >= 0.3 is 6.01 Å². The summed E-state index contributed by atoms with van der Waals surface area (Å²) in [6.07, 6.45) is 0. The van der Waals surface area contributed by atoms with Crippen molar-refractivity contribution in [3.8, 4) is 23.1 Å². The Morgan fingerprint density at radius 1 is 1.11 bits per heavy atom. The van der Waals surface area contributed by atoms with Crippen molar-refractivity contribution in [3.63, 3.8) is 0 Å². The molecule has 28 heavy (non-hydrogen) atoms. The van der Waals surface area contributed by atoms with Gasteiger partial charge in [-0.1, -0.05) is 11.6 Å². The summed E-state index contributed by atoms with van der Waals surface area (Å²) in [6, 6.07) is 7.37. The van der Waals surface area contributed by atoms with E-state index in [2.05, 4.69) is 15.0 Å². The molecule has 0 fully saturated rings. The van der Waals surface area contributed by atoms with Gasteiger partial charge in [-0.2, -0.15) is 9.37 Å². The van der Waals surface area contributed by atoms with Crippen LogP contribution in [0, 0.1) is 17.5 Å². The zero-order valence-corrected chi connectivity index (χ0v) is 14.9. The summed E-state index contributed by atoms with van der Waals surface area (Å²) in [4.78, 5) is 23.0. The number of hydrogen-bond donors (Lipinski definition) is 1. The molecule has 4 rings (SSSR count). The van der Waals surface area contributed by atoms with Gasteiger partial charge in [0.15, 0.2) is 22.7 Å². The molecule has 0 unspecified atom stereocenters. The lowest BCUT2D eigenvalue weighted by atomic mass is 10.2. The van der Waals surface area contributed by atoms with Crippen LogP contribution in [0.2, 0.25) is 5.02 Å². The van der Waals surface area contributed by atoms with Crippen LogP contribution in [0.1, 0.15) is 0 Å². The molecule has 2 heterocycles. The minimum atomic E-state index is -1.43. The molecule has 2 aromatic carbocycles. The maximum absolute atomic E-state index is 13.8. The first-order chi connectivity index (χ1) is 13.3. The SMILES string of the molecule is Cn1c(-c2ccc(Cl)cc2)nc2c(=O)[nH]c(Oc3cc(F)cc(F)c3F)nc21. The fourth-order valence-electron chi connectivity index (χ4n) is 2.67. The molecule has 0 spiro atoms. The maximum Gasteiger partial charge on any atom is 0.304 e. The van der Waals surface area contributed by atoms with Crippen molar-refractivity contribution in [3.05, 3.63) is 69.2 Å². The largest absolute Gasteiger partial charge is 0.422 e. The van der Waals surface area contributed by atoms with Gasteiger partial charge in [0.1, 0.15) is 11.6 Å². The molecule has 0 aliphatic heterocycles. The first-order valence-corrected chi connectivity index (χ1v) is 8.26. The number of aromatic amines is 1. The molecular weight excluding hydrogens is 397 g/mol. The van der Waals surface area contributed by atoms with Crippen LogP contribution in [0.3, 0.4) is 0 Å². The van der Waals surface area contributed by atoms with E-state index in [-0.39, 0.29) is 11.2 Å². The van der Waals surface area contributed by atoms with Crippen molar-refractivity contribution < 1.29 is 17.9 Å². The van der Waals surface area contributed by atoms with Gasteiger partial charge in [0.2, 0.25) is 5.82 Å². The van der Waals surface area contributed by atoms with Crippen molar-refractivity contribution in [2.75, 3.05) is 0 Å². The van der Waals surface area contributed by atoms with E-state index in [0.717, 1.165) is 0 Å². The Morgan fingerprint density at radius 3 is 2.54 bits per heavy atom. The number of ether oxygens (including phenoxy) is 1. The molecule has 142 valence electrons. The van der Waals surface area contributed by atoms with Gasteiger partial charge in [-0.05, 0) is 24.3 Å². The Kier molecular flexibility index (Phi) is 4.31. The summed E-state index contributed by atoms with van der Waals surface area (Å²) in [5.74, 6) is -4.19. The number of halogens is 4. The van der Waals surface area contributed by atoms with Crippen LogP contribution in [-0.2, 0) is 7.05 Å². The van der Waals surface area contributed by atoms with Crippen molar-refractivity contribution in [2.24, 2.45) is 7.05 Å². The number of nitrogens with zero attached hydrogens (tertiary/aromatic N) is 3. The minimum absolute atomic E-state index is 0.0192. The Hall–Kier alpha value is -3.33. The highest BCUT2D eigenvalue weighted by molar-refractivity contribution is 6.30. The topological polar surface area (TPSA) is 72.8 Å². The predicted molar refractivity (Wildman–Crippen MR) is 96.0 cm³/mol. The molecule has 0 radical (unpaired) electrons. The van der Waals surface area contributed by atoms with E-state index in [0.29, 0.717) is 28.5 Å². The zero-order valence-electron chi connectivity index (χ0n) is 14.1. The van der Waals surface area contributed by atoms with Crippen molar-refractivity contribution >= 4 is 22.8 Å². The maximum atomic E-state index is 13.8. The molecule has 0 atom stereocenters. The van der Waals surface area contributed by atoms with Crippen molar-refractivity contribution in [1.29, 1.82) is 0 Å². The molecule has 0 aliphatic rings. The molecule has 2 aromatic heterocycles. The van der Waals surface area contributed by atoms with Crippen LogP contribution in [-0.4, -0.2) is 19.5 Å². The van der Waals surface area contributed by atoms with Crippen LogP contribution in [0.5, 0.6) is 11.8 Å². The van der Waals surface area contributed by atoms with E-state index < -0.39 is 34.8 Å². The second-order valence-corrected chi connectivity index (χ2v) is 6.28. The van der Waals surface area contributed by atoms with Crippen molar-refractivity contribution in [1.82, 2.24) is 19.5 Å². The number of imidazole rings is 1. The molecule has 6 nitrogen and oxygen atoms in total. The molecule has 0 aliphatic carbocycles. The number of fused-ring (bicyclic) bond motifs is 1. The number of aryl methyl sites for hydroxylation is 1. The van der Waals surface area contributed by atoms with Crippen LogP contribution in [0.4, 0.5) is 13.2 Å². The highest BCUT2D eigenvalue weighted by atomic mass is 35.5. The van der Waals surface area contributed by atoms with E-state index >= 15 is 0 Å². The van der Waals surface area contributed by atoms with Crippen molar-refractivity contribution in [2.45, 2.75) is 0 Å². The van der Waals surface area contributed by atoms with Gasteiger partial charge in [0.05, 0.1) is 0 Å². The van der Waals surface area contributed by atoms with Gasteiger partial charge in [-0.3, -0.25) is 9.78 Å². The smallest absolute Gasteiger partial charge is 0.304 e. The molecule has 0 saturated carbocycles. The molecule has 10 heteroatoms. The number of aromatic nitrogens is 4. The lowest BCUT2D eigenvalue weighted by Gasteiger charge is -2.06. The Bertz CT molecular complexity index is 1270. The average Bonchev–Trinajstić information content (AvgIpc) is 2.97. The first kappa shape index (κ1) is 18.1. The van der Waals surface area contributed by atoms with Gasteiger partial charge < -0.3 is 9.30 Å². The number of hydrogen-bond acceptors (Lipinski definition) is 4. The summed E-state index contributed by atoms with van der Waals surface area (Å²) in [5.41, 5.74) is 0.185. The van der Waals surface area contributed by atoms with Gasteiger partial charge in [0, 0.05) is 29.8 Å². The number of rotatable bonds is 3. The quantitative estimate of drug-likeness (QED) is 0.518. The van der Waals surface area contributed by atoms with Gasteiger partial charge in [-0.15, -0.1) is 0 Å². The van der Waals surface area contributed by atoms with Crippen LogP contribution < -0.4 is 10.3 Å². The summed E-state index contributed by atoms with van der Waals surface area (Å²) >= 11 is 5.88. The van der Waals surface area contributed by atoms with E-state index in [1.807, 2.05) is 0 Å². The highest BCUT2D eigenvalue weighted by Gasteiger charge is 2.18. The van der Waals surface area contributed by atoms with E-state index in [1.54, 1.807) is 31.3 Å². The Balaban J connectivity index is 1.82.